The minimum absolute atomic E-state index is 0.550. The number of hydrogen-bond acceptors (Lipinski definition) is 0. The highest BCUT2D eigenvalue weighted by atomic mass is 14.1. The molecule has 22 heavy (non-hydrogen) atoms. The molecule has 0 saturated heterocycles. The molecule has 0 aliphatic rings. The predicted octanol–water partition coefficient (Wildman–Crippen LogP) is 8.36. The third-order valence-electron chi connectivity index (χ3n) is 2.93. The van der Waals surface area contributed by atoms with E-state index in [1.165, 1.54) is 43.2 Å². The van der Waals surface area contributed by atoms with Crippen LogP contribution in [0.4, 0.5) is 0 Å². The summed E-state index contributed by atoms with van der Waals surface area (Å²) in [6.45, 7) is 21.7. The minimum Gasteiger partial charge on any atom is -0.0683 e. The van der Waals surface area contributed by atoms with E-state index >= 15 is 0 Å². The van der Waals surface area contributed by atoms with E-state index in [2.05, 4.69) is 79.7 Å². The summed E-state index contributed by atoms with van der Waals surface area (Å²) in [4.78, 5) is 0. The second kappa shape index (κ2) is 18.3. The van der Waals surface area contributed by atoms with Crippen molar-refractivity contribution in [1.82, 2.24) is 0 Å². The van der Waals surface area contributed by atoms with Crippen LogP contribution < -0.4 is 0 Å². The zero-order valence-electron chi connectivity index (χ0n) is 17.3. The first-order valence-electron chi connectivity index (χ1n) is 9.30. The Morgan fingerprint density at radius 3 is 1.09 bits per heavy atom. The van der Waals surface area contributed by atoms with Gasteiger partial charge in [-0.1, -0.05) is 116 Å². The number of benzene rings is 1. The lowest BCUT2D eigenvalue weighted by Crippen LogP contribution is -2.02. The van der Waals surface area contributed by atoms with E-state index in [9.17, 15) is 0 Å². The smallest absolute Gasteiger partial charge is 0.0383 e. The van der Waals surface area contributed by atoms with Gasteiger partial charge < -0.3 is 0 Å². The zero-order valence-corrected chi connectivity index (χ0v) is 17.3. The molecule has 1 rings (SSSR count). The molecule has 0 saturated carbocycles. The Morgan fingerprint density at radius 1 is 0.682 bits per heavy atom. The maximum atomic E-state index is 2.27. The summed E-state index contributed by atoms with van der Waals surface area (Å²) in [5.41, 5.74) is 3.21. The standard InChI is InChI=1S/C8H10.C7H16.C5H12.C2H6/c1-7-3-5-8(2)6-4-7;1-5-6-7(2,3)4;1-3-5-4-2;1-2/h3-6H,1-2H3;5-6H2,1-4H3;3-5H2,1-2H3;1-2H3. The molecule has 0 aromatic heterocycles. The van der Waals surface area contributed by atoms with Gasteiger partial charge in [-0.15, -0.1) is 0 Å². The lowest BCUT2D eigenvalue weighted by molar-refractivity contribution is 0.373. The first kappa shape index (κ1) is 26.1. The summed E-state index contributed by atoms with van der Waals surface area (Å²) in [6, 6.07) is 8.48. The van der Waals surface area contributed by atoms with E-state index in [0.717, 1.165) is 0 Å². The summed E-state index contributed by atoms with van der Waals surface area (Å²) in [5, 5.41) is 0. The molecule has 0 nitrogen and oxygen atoms in total. The Balaban J connectivity index is -0.000000239. The van der Waals surface area contributed by atoms with Crippen LogP contribution in [0, 0.1) is 19.3 Å². The molecular formula is C22H44. The largest absolute Gasteiger partial charge is 0.0683 e. The van der Waals surface area contributed by atoms with Crippen LogP contribution in [0.25, 0.3) is 0 Å². The van der Waals surface area contributed by atoms with E-state index in [4.69, 9.17) is 0 Å². The van der Waals surface area contributed by atoms with Crippen LogP contribution in [0.2, 0.25) is 0 Å². The molecular weight excluding hydrogens is 264 g/mol. The van der Waals surface area contributed by atoms with E-state index in [1.54, 1.807) is 0 Å². The molecule has 0 atom stereocenters. The Labute approximate surface area is 142 Å². The van der Waals surface area contributed by atoms with Crippen LogP contribution in [-0.2, 0) is 0 Å². The molecule has 0 amide bonds. The Morgan fingerprint density at radius 2 is 1.00 bits per heavy atom. The molecule has 0 N–H and O–H groups in total. The van der Waals surface area contributed by atoms with Crippen molar-refractivity contribution in [2.45, 2.75) is 101 Å². The summed E-state index contributed by atoms with van der Waals surface area (Å²) in [6.07, 6.45) is 6.73. The van der Waals surface area contributed by atoms with Crippen molar-refractivity contribution >= 4 is 0 Å². The average molecular weight is 309 g/mol. The molecule has 0 spiro atoms. The number of hydrogen-bond donors (Lipinski definition) is 0. The Hall–Kier alpha value is -0.780. The molecule has 0 fully saturated rings. The van der Waals surface area contributed by atoms with Crippen LogP contribution in [0.1, 0.15) is 98.6 Å². The highest BCUT2D eigenvalue weighted by molar-refractivity contribution is 5.19. The van der Waals surface area contributed by atoms with Crippen LogP contribution in [0.3, 0.4) is 0 Å². The fourth-order valence-corrected chi connectivity index (χ4v) is 1.74. The van der Waals surface area contributed by atoms with Gasteiger partial charge in [0.15, 0.2) is 0 Å². The molecule has 0 radical (unpaired) electrons. The van der Waals surface area contributed by atoms with Gasteiger partial charge in [0, 0.05) is 0 Å². The van der Waals surface area contributed by atoms with Crippen LogP contribution >= 0.6 is 0 Å². The van der Waals surface area contributed by atoms with E-state index in [-0.39, 0.29) is 0 Å². The van der Waals surface area contributed by atoms with E-state index < -0.39 is 0 Å². The molecule has 132 valence electrons. The van der Waals surface area contributed by atoms with Crippen molar-refractivity contribution in [3.8, 4) is 0 Å². The maximum Gasteiger partial charge on any atom is -0.0383 e. The summed E-state index contributed by atoms with van der Waals surface area (Å²) in [7, 11) is 0. The van der Waals surface area contributed by atoms with Crippen LogP contribution in [-0.4, -0.2) is 0 Å². The van der Waals surface area contributed by atoms with Gasteiger partial charge >= 0.3 is 0 Å². The van der Waals surface area contributed by atoms with Crippen molar-refractivity contribution in [2.75, 3.05) is 0 Å². The lowest BCUT2D eigenvalue weighted by atomic mass is 9.91. The molecule has 1 aromatic rings. The van der Waals surface area contributed by atoms with Gasteiger partial charge in [-0.05, 0) is 25.7 Å². The predicted molar refractivity (Wildman–Crippen MR) is 107 cm³/mol. The normalized spacial score (nSPS) is 9.36. The van der Waals surface area contributed by atoms with Gasteiger partial charge in [-0.2, -0.15) is 0 Å². The van der Waals surface area contributed by atoms with Gasteiger partial charge in [0.05, 0.1) is 0 Å². The van der Waals surface area contributed by atoms with E-state index in [1.807, 2.05) is 13.8 Å². The highest BCUT2D eigenvalue weighted by Crippen LogP contribution is 2.19. The monoisotopic (exact) mass is 308 g/mol. The van der Waals surface area contributed by atoms with Crippen molar-refractivity contribution in [3.63, 3.8) is 0 Å². The first-order chi connectivity index (χ1) is 10.3. The number of unbranched alkanes of at least 4 members (excludes halogenated alkanes) is 2. The van der Waals surface area contributed by atoms with E-state index in [0.29, 0.717) is 5.41 Å². The first-order valence-corrected chi connectivity index (χ1v) is 9.30. The molecule has 0 unspecified atom stereocenters. The Kier molecular flexibility index (Phi) is 21.7. The topological polar surface area (TPSA) is 0 Å². The zero-order chi connectivity index (χ0) is 18.0. The third kappa shape index (κ3) is 27.5. The average Bonchev–Trinajstić information content (AvgIpc) is 2.45. The quantitative estimate of drug-likeness (QED) is 0.526. The summed E-state index contributed by atoms with van der Waals surface area (Å²) >= 11 is 0. The van der Waals surface area contributed by atoms with Crippen molar-refractivity contribution in [2.24, 2.45) is 5.41 Å². The van der Waals surface area contributed by atoms with Crippen LogP contribution in [0.15, 0.2) is 24.3 Å². The molecule has 0 bridgehead atoms. The second-order valence-electron chi connectivity index (χ2n) is 6.82. The molecule has 0 heteroatoms. The Bertz CT molecular complexity index is 264. The lowest BCUT2D eigenvalue weighted by Gasteiger charge is -2.15. The second-order valence-corrected chi connectivity index (χ2v) is 6.82. The number of aryl methyl sites for hydroxylation is 2. The highest BCUT2D eigenvalue weighted by Gasteiger charge is 2.06. The maximum absolute atomic E-state index is 2.27. The number of rotatable bonds is 3. The van der Waals surface area contributed by atoms with Gasteiger partial charge in [0.25, 0.3) is 0 Å². The summed E-state index contributed by atoms with van der Waals surface area (Å²) in [5.74, 6) is 0. The van der Waals surface area contributed by atoms with Gasteiger partial charge in [0.1, 0.15) is 0 Å². The van der Waals surface area contributed by atoms with Crippen molar-refractivity contribution in [1.29, 1.82) is 0 Å². The van der Waals surface area contributed by atoms with Gasteiger partial charge in [0.2, 0.25) is 0 Å². The van der Waals surface area contributed by atoms with Gasteiger partial charge in [-0.3, -0.25) is 0 Å². The van der Waals surface area contributed by atoms with Crippen molar-refractivity contribution < 1.29 is 0 Å². The minimum atomic E-state index is 0.550. The molecule has 0 aliphatic carbocycles. The van der Waals surface area contributed by atoms with Gasteiger partial charge in [-0.25, -0.2) is 0 Å². The van der Waals surface area contributed by atoms with Crippen LogP contribution in [0.5, 0.6) is 0 Å². The fraction of sp³-hybridized carbons (Fsp3) is 0.727. The fourth-order valence-electron chi connectivity index (χ4n) is 1.74. The molecule has 0 aliphatic heterocycles. The van der Waals surface area contributed by atoms with Crippen molar-refractivity contribution in [3.05, 3.63) is 35.4 Å². The summed E-state index contributed by atoms with van der Waals surface area (Å²) < 4.78 is 0. The third-order valence-corrected chi connectivity index (χ3v) is 2.93. The SMILES string of the molecule is CC.CCCC(C)(C)C.CCCCC.Cc1ccc(C)cc1. The molecule has 0 heterocycles. The molecule has 1 aromatic carbocycles.